The zero-order valence-corrected chi connectivity index (χ0v) is 21.8. The summed E-state index contributed by atoms with van der Waals surface area (Å²) in [6, 6.07) is 9.61. The van der Waals surface area contributed by atoms with E-state index in [0.717, 1.165) is 29.1 Å². The molecule has 0 aliphatic carbocycles. The molecule has 8 nitrogen and oxygen atoms in total. The van der Waals surface area contributed by atoms with Gasteiger partial charge in [-0.05, 0) is 48.7 Å². The van der Waals surface area contributed by atoms with Gasteiger partial charge in [-0.15, -0.1) is 0 Å². The van der Waals surface area contributed by atoms with Crippen LogP contribution in [0.15, 0.2) is 42.5 Å². The lowest BCUT2D eigenvalue weighted by Gasteiger charge is -2.33. The van der Waals surface area contributed by atoms with Gasteiger partial charge in [0.2, 0.25) is 21.8 Å². The molecule has 0 aliphatic heterocycles. The standard InChI is InChI=1S/C24H31ClFN3O5S/c1-5-12-27-24(31)22(6-2)28(15-17-8-7-9-19(13-17)34-3)23(30)16-29(35(4,32)33)18-10-11-21(26)20(25)14-18/h7-11,13-14,22H,5-6,12,15-16H2,1-4H3,(H,27,31)/t22-/m1/s1. The van der Waals surface area contributed by atoms with Crippen LogP contribution in [0.1, 0.15) is 32.3 Å². The molecule has 11 heteroatoms. The number of rotatable bonds is 12. The molecule has 2 amide bonds. The average molecular weight is 528 g/mol. The molecule has 0 bridgehead atoms. The summed E-state index contributed by atoms with van der Waals surface area (Å²) < 4.78 is 44.9. The van der Waals surface area contributed by atoms with Gasteiger partial charge in [-0.25, -0.2) is 12.8 Å². The number of nitrogens with one attached hydrogen (secondary N) is 1. The van der Waals surface area contributed by atoms with E-state index < -0.39 is 34.3 Å². The minimum absolute atomic E-state index is 0.0389. The van der Waals surface area contributed by atoms with Crippen LogP contribution in [0.2, 0.25) is 5.02 Å². The van der Waals surface area contributed by atoms with Crippen molar-refractivity contribution in [2.24, 2.45) is 0 Å². The van der Waals surface area contributed by atoms with Gasteiger partial charge in [0.05, 0.1) is 24.1 Å². The summed E-state index contributed by atoms with van der Waals surface area (Å²) in [5.74, 6) is -1.07. The molecule has 0 saturated heterocycles. The highest BCUT2D eigenvalue weighted by Gasteiger charge is 2.31. The molecule has 1 atom stereocenters. The first-order valence-electron chi connectivity index (χ1n) is 11.1. The van der Waals surface area contributed by atoms with Crippen LogP contribution in [0.3, 0.4) is 0 Å². The molecule has 0 unspecified atom stereocenters. The Kier molecular flexibility index (Phi) is 10.3. The Morgan fingerprint density at radius 3 is 2.46 bits per heavy atom. The van der Waals surface area contributed by atoms with Crippen molar-refractivity contribution in [2.45, 2.75) is 39.3 Å². The van der Waals surface area contributed by atoms with Gasteiger partial charge < -0.3 is 15.0 Å². The number of sulfonamides is 1. The third kappa shape index (κ3) is 7.83. The zero-order chi connectivity index (χ0) is 26.2. The number of amides is 2. The molecule has 0 aromatic heterocycles. The molecular formula is C24H31ClFN3O5S. The topological polar surface area (TPSA) is 96.0 Å². The van der Waals surface area contributed by atoms with E-state index >= 15 is 0 Å². The summed E-state index contributed by atoms with van der Waals surface area (Å²) >= 11 is 5.85. The summed E-state index contributed by atoms with van der Waals surface area (Å²) in [6.45, 7) is 3.59. The summed E-state index contributed by atoms with van der Waals surface area (Å²) in [6.07, 6.45) is 1.97. The lowest BCUT2D eigenvalue weighted by molar-refractivity contribution is -0.140. The van der Waals surface area contributed by atoms with Gasteiger partial charge in [0.25, 0.3) is 0 Å². The van der Waals surface area contributed by atoms with E-state index in [1.54, 1.807) is 31.2 Å². The quantitative estimate of drug-likeness (QED) is 0.455. The molecule has 0 saturated carbocycles. The summed E-state index contributed by atoms with van der Waals surface area (Å²) in [5.41, 5.74) is 0.743. The number of hydrogen-bond acceptors (Lipinski definition) is 5. The Morgan fingerprint density at radius 1 is 1.17 bits per heavy atom. The molecule has 1 N–H and O–H groups in total. The maximum absolute atomic E-state index is 13.7. The zero-order valence-electron chi connectivity index (χ0n) is 20.3. The van der Waals surface area contributed by atoms with Gasteiger partial charge in [0, 0.05) is 13.1 Å². The number of hydrogen-bond donors (Lipinski definition) is 1. The molecule has 0 aliphatic rings. The number of halogens is 2. The predicted molar refractivity (Wildman–Crippen MR) is 135 cm³/mol. The van der Waals surface area contributed by atoms with Crippen LogP contribution in [-0.2, 0) is 26.2 Å². The fourth-order valence-electron chi connectivity index (χ4n) is 3.51. The Morgan fingerprint density at radius 2 is 1.89 bits per heavy atom. The number of methoxy groups -OCH3 is 1. The lowest BCUT2D eigenvalue weighted by atomic mass is 10.1. The van der Waals surface area contributed by atoms with Crippen molar-refractivity contribution < 1.29 is 27.1 Å². The molecule has 192 valence electrons. The van der Waals surface area contributed by atoms with Crippen molar-refractivity contribution in [2.75, 3.05) is 30.8 Å². The fraction of sp³-hybridized carbons (Fsp3) is 0.417. The Bertz CT molecular complexity index is 1150. The fourth-order valence-corrected chi connectivity index (χ4v) is 4.52. The molecule has 2 rings (SSSR count). The van der Waals surface area contributed by atoms with E-state index in [1.807, 2.05) is 6.92 Å². The van der Waals surface area contributed by atoms with Crippen molar-refractivity contribution >= 4 is 39.1 Å². The molecule has 0 heterocycles. The van der Waals surface area contributed by atoms with Crippen molar-refractivity contribution in [3.63, 3.8) is 0 Å². The third-order valence-electron chi connectivity index (χ3n) is 5.29. The van der Waals surface area contributed by atoms with Gasteiger partial charge in [-0.2, -0.15) is 0 Å². The van der Waals surface area contributed by atoms with Crippen LogP contribution in [0.4, 0.5) is 10.1 Å². The third-order valence-corrected chi connectivity index (χ3v) is 6.72. The molecular weight excluding hydrogens is 497 g/mol. The van der Waals surface area contributed by atoms with E-state index in [-0.39, 0.29) is 23.2 Å². The maximum atomic E-state index is 13.7. The highest BCUT2D eigenvalue weighted by molar-refractivity contribution is 7.92. The second-order valence-corrected chi connectivity index (χ2v) is 10.3. The largest absolute Gasteiger partial charge is 0.497 e. The first kappa shape index (κ1) is 28.4. The van der Waals surface area contributed by atoms with E-state index in [2.05, 4.69) is 5.32 Å². The SMILES string of the molecule is CCCNC(=O)[C@@H](CC)N(Cc1cccc(OC)c1)C(=O)CN(c1ccc(F)c(Cl)c1)S(C)(=O)=O. The van der Waals surface area contributed by atoms with Crippen molar-refractivity contribution in [1.82, 2.24) is 10.2 Å². The van der Waals surface area contributed by atoms with Crippen LogP contribution in [0, 0.1) is 5.82 Å². The minimum Gasteiger partial charge on any atom is -0.497 e. The second-order valence-electron chi connectivity index (χ2n) is 7.96. The highest BCUT2D eigenvalue weighted by atomic mass is 35.5. The lowest BCUT2D eigenvalue weighted by Crippen LogP contribution is -2.52. The number of carbonyl (C=O) groups is 2. The molecule has 2 aromatic carbocycles. The number of nitrogens with zero attached hydrogens (tertiary/aromatic N) is 2. The van der Waals surface area contributed by atoms with E-state index in [0.29, 0.717) is 24.3 Å². The summed E-state index contributed by atoms with van der Waals surface area (Å²) in [4.78, 5) is 27.8. The summed E-state index contributed by atoms with van der Waals surface area (Å²) in [7, 11) is -2.42. The van der Waals surface area contributed by atoms with E-state index in [4.69, 9.17) is 16.3 Å². The van der Waals surface area contributed by atoms with Crippen LogP contribution in [-0.4, -0.2) is 57.6 Å². The Hall–Kier alpha value is -2.85. The second kappa shape index (κ2) is 12.7. The molecule has 0 radical (unpaired) electrons. The van der Waals surface area contributed by atoms with Crippen molar-refractivity contribution in [3.05, 3.63) is 58.9 Å². The average Bonchev–Trinajstić information content (AvgIpc) is 2.82. The van der Waals surface area contributed by atoms with Crippen LogP contribution in [0.25, 0.3) is 0 Å². The Labute approximate surface area is 211 Å². The molecule has 2 aromatic rings. The number of anilines is 1. The van der Waals surface area contributed by atoms with Crippen LogP contribution >= 0.6 is 11.6 Å². The highest BCUT2D eigenvalue weighted by Crippen LogP contribution is 2.25. The minimum atomic E-state index is -3.94. The first-order valence-corrected chi connectivity index (χ1v) is 13.4. The van der Waals surface area contributed by atoms with E-state index in [1.165, 1.54) is 18.1 Å². The van der Waals surface area contributed by atoms with Gasteiger partial charge >= 0.3 is 0 Å². The van der Waals surface area contributed by atoms with Gasteiger partial charge in [-0.3, -0.25) is 13.9 Å². The summed E-state index contributed by atoms with van der Waals surface area (Å²) in [5, 5.41) is 2.53. The molecule has 0 fully saturated rings. The smallest absolute Gasteiger partial charge is 0.244 e. The monoisotopic (exact) mass is 527 g/mol. The molecule has 35 heavy (non-hydrogen) atoms. The van der Waals surface area contributed by atoms with Crippen LogP contribution < -0.4 is 14.4 Å². The van der Waals surface area contributed by atoms with Crippen LogP contribution in [0.5, 0.6) is 5.75 Å². The Balaban J connectivity index is 2.45. The number of carbonyl (C=O) groups excluding carboxylic acids is 2. The molecule has 0 spiro atoms. The van der Waals surface area contributed by atoms with Crippen molar-refractivity contribution in [1.29, 1.82) is 0 Å². The maximum Gasteiger partial charge on any atom is 0.244 e. The van der Waals surface area contributed by atoms with E-state index in [9.17, 15) is 22.4 Å². The van der Waals surface area contributed by atoms with Gasteiger partial charge in [0.1, 0.15) is 24.2 Å². The van der Waals surface area contributed by atoms with Gasteiger partial charge in [0.15, 0.2) is 0 Å². The first-order chi connectivity index (χ1) is 16.5. The number of benzene rings is 2. The van der Waals surface area contributed by atoms with Crippen molar-refractivity contribution in [3.8, 4) is 5.75 Å². The van der Waals surface area contributed by atoms with Gasteiger partial charge in [-0.1, -0.05) is 37.6 Å². The normalized spacial score (nSPS) is 12.1. The number of ether oxygens (including phenoxy) is 1. The predicted octanol–water partition coefficient (Wildman–Crippen LogP) is 3.59.